The van der Waals surface area contributed by atoms with Gasteiger partial charge in [0.2, 0.25) is 0 Å². The lowest BCUT2D eigenvalue weighted by Crippen LogP contribution is -1.98. The second-order valence-corrected chi connectivity index (χ2v) is 5.11. The first kappa shape index (κ1) is 12.0. The molecule has 0 aromatic heterocycles. The van der Waals surface area contributed by atoms with Gasteiger partial charge in [-0.05, 0) is 53.6 Å². The number of rotatable bonds is 5. The Bertz CT molecular complexity index is 582. The maximum atomic E-state index is 5.83. The van der Waals surface area contributed by atoms with Crippen LogP contribution in [0.3, 0.4) is 0 Å². The molecule has 0 bridgehead atoms. The van der Waals surface area contributed by atoms with Crippen LogP contribution in [0.15, 0.2) is 55.1 Å². The molecule has 1 fully saturated rings. The minimum atomic E-state index is 0.785. The normalized spacial score (nSPS) is 14.1. The summed E-state index contributed by atoms with van der Waals surface area (Å²) >= 11 is 0. The van der Waals surface area contributed by atoms with E-state index < -0.39 is 0 Å². The fraction of sp³-hybridized carbons (Fsp3) is 0.222. The van der Waals surface area contributed by atoms with E-state index in [4.69, 9.17) is 4.74 Å². The zero-order valence-electron chi connectivity index (χ0n) is 11.0. The van der Waals surface area contributed by atoms with Crippen LogP contribution < -0.4 is 4.74 Å². The molecular weight excluding hydrogens is 232 g/mol. The highest BCUT2D eigenvalue weighted by atomic mass is 16.5. The first-order valence-corrected chi connectivity index (χ1v) is 6.81. The summed E-state index contributed by atoms with van der Waals surface area (Å²) in [4.78, 5) is 0. The number of hydrogen-bond acceptors (Lipinski definition) is 1. The van der Waals surface area contributed by atoms with E-state index in [0.29, 0.717) is 0 Å². The van der Waals surface area contributed by atoms with Gasteiger partial charge in [0.15, 0.2) is 0 Å². The first-order chi connectivity index (χ1) is 9.35. The van der Waals surface area contributed by atoms with Crippen molar-refractivity contribution < 1.29 is 4.74 Å². The van der Waals surface area contributed by atoms with E-state index in [9.17, 15) is 0 Å². The Balaban J connectivity index is 1.82. The molecule has 2 aromatic rings. The van der Waals surface area contributed by atoms with Gasteiger partial charge in [-0.3, -0.25) is 0 Å². The molecule has 1 heteroatoms. The Hall–Kier alpha value is -2.02. The molecule has 19 heavy (non-hydrogen) atoms. The summed E-state index contributed by atoms with van der Waals surface area (Å²) in [6, 6.07) is 16.7. The lowest BCUT2D eigenvalue weighted by atomic mass is 10.0. The topological polar surface area (TPSA) is 9.23 Å². The predicted molar refractivity (Wildman–Crippen MR) is 80.2 cm³/mol. The van der Waals surface area contributed by atoms with Crippen molar-refractivity contribution in [2.45, 2.75) is 12.8 Å². The van der Waals surface area contributed by atoms with Crippen LogP contribution in [0.2, 0.25) is 0 Å². The first-order valence-electron chi connectivity index (χ1n) is 6.81. The van der Waals surface area contributed by atoms with Crippen molar-refractivity contribution in [2.24, 2.45) is 5.92 Å². The molecule has 0 saturated heterocycles. The summed E-state index contributed by atoms with van der Waals surface area (Å²) in [5.74, 6) is 1.75. The largest absolute Gasteiger partial charge is 0.493 e. The summed E-state index contributed by atoms with van der Waals surface area (Å²) < 4.78 is 5.83. The molecule has 0 radical (unpaired) electrons. The fourth-order valence-electron chi connectivity index (χ4n) is 2.11. The van der Waals surface area contributed by atoms with Gasteiger partial charge in [-0.25, -0.2) is 0 Å². The molecule has 1 saturated carbocycles. The van der Waals surface area contributed by atoms with Crippen molar-refractivity contribution in [1.29, 1.82) is 0 Å². The highest BCUT2D eigenvalue weighted by molar-refractivity contribution is 5.68. The molecule has 0 amide bonds. The minimum Gasteiger partial charge on any atom is -0.493 e. The van der Waals surface area contributed by atoms with Crippen LogP contribution in [0, 0.1) is 5.92 Å². The summed E-state index contributed by atoms with van der Waals surface area (Å²) in [5, 5.41) is 0. The lowest BCUT2D eigenvalue weighted by molar-refractivity contribution is 0.300. The average Bonchev–Trinajstić information content (AvgIpc) is 3.30. The van der Waals surface area contributed by atoms with Crippen LogP contribution >= 0.6 is 0 Å². The number of benzene rings is 2. The van der Waals surface area contributed by atoms with Crippen molar-refractivity contribution in [3.63, 3.8) is 0 Å². The predicted octanol–water partition coefficient (Wildman–Crippen LogP) is 4.79. The highest BCUT2D eigenvalue weighted by Gasteiger charge is 2.21. The summed E-state index contributed by atoms with van der Waals surface area (Å²) in [6.45, 7) is 4.67. The lowest BCUT2D eigenvalue weighted by Gasteiger charge is -2.08. The molecule has 0 atom stereocenters. The van der Waals surface area contributed by atoms with Crippen molar-refractivity contribution in [1.82, 2.24) is 0 Å². The SMILES string of the molecule is C=Cc1cccc(-c2cccc(OCC3CC3)c2)c1. The average molecular weight is 250 g/mol. The Morgan fingerprint density at radius 2 is 1.79 bits per heavy atom. The maximum Gasteiger partial charge on any atom is 0.119 e. The number of ether oxygens (including phenoxy) is 1. The molecule has 96 valence electrons. The van der Waals surface area contributed by atoms with Gasteiger partial charge in [-0.2, -0.15) is 0 Å². The van der Waals surface area contributed by atoms with Crippen molar-refractivity contribution in [2.75, 3.05) is 6.61 Å². The van der Waals surface area contributed by atoms with Gasteiger partial charge in [0, 0.05) is 0 Å². The van der Waals surface area contributed by atoms with Gasteiger partial charge in [0.25, 0.3) is 0 Å². The summed E-state index contributed by atoms with van der Waals surface area (Å²) in [7, 11) is 0. The van der Waals surface area contributed by atoms with Gasteiger partial charge in [-0.1, -0.05) is 43.0 Å². The van der Waals surface area contributed by atoms with Crippen LogP contribution in [-0.2, 0) is 0 Å². The van der Waals surface area contributed by atoms with E-state index in [1.165, 1.54) is 24.0 Å². The highest BCUT2D eigenvalue weighted by Crippen LogP contribution is 2.30. The van der Waals surface area contributed by atoms with Gasteiger partial charge in [0.05, 0.1) is 6.61 Å². The second kappa shape index (κ2) is 5.31. The van der Waals surface area contributed by atoms with Crippen LogP contribution in [0.1, 0.15) is 18.4 Å². The van der Waals surface area contributed by atoms with E-state index >= 15 is 0 Å². The number of hydrogen-bond donors (Lipinski definition) is 0. The van der Waals surface area contributed by atoms with Gasteiger partial charge in [-0.15, -0.1) is 0 Å². The zero-order valence-corrected chi connectivity index (χ0v) is 11.0. The van der Waals surface area contributed by atoms with Crippen LogP contribution in [0.5, 0.6) is 5.75 Å². The zero-order chi connectivity index (χ0) is 13.1. The molecule has 0 unspecified atom stereocenters. The van der Waals surface area contributed by atoms with Crippen molar-refractivity contribution in [3.8, 4) is 16.9 Å². The Kier molecular flexibility index (Phi) is 3.37. The Morgan fingerprint density at radius 3 is 2.53 bits per heavy atom. The quantitative estimate of drug-likeness (QED) is 0.741. The van der Waals surface area contributed by atoms with Gasteiger partial charge < -0.3 is 4.74 Å². The van der Waals surface area contributed by atoms with Gasteiger partial charge in [0.1, 0.15) is 5.75 Å². The van der Waals surface area contributed by atoms with Gasteiger partial charge >= 0.3 is 0 Å². The third-order valence-corrected chi connectivity index (χ3v) is 3.47. The van der Waals surface area contributed by atoms with E-state index in [0.717, 1.165) is 23.8 Å². The molecule has 0 N–H and O–H groups in total. The molecule has 3 rings (SSSR count). The van der Waals surface area contributed by atoms with Crippen LogP contribution in [0.4, 0.5) is 0 Å². The smallest absolute Gasteiger partial charge is 0.119 e. The van der Waals surface area contributed by atoms with Crippen LogP contribution in [-0.4, -0.2) is 6.61 Å². The molecule has 1 aliphatic carbocycles. The molecule has 0 aliphatic heterocycles. The minimum absolute atomic E-state index is 0.785. The molecule has 1 aliphatic rings. The van der Waals surface area contributed by atoms with Crippen molar-refractivity contribution in [3.05, 3.63) is 60.7 Å². The molecular formula is C18H18O. The summed E-state index contributed by atoms with van der Waals surface area (Å²) in [5.41, 5.74) is 3.54. The van der Waals surface area contributed by atoms with E-state index in [1.54, 1.807) is 0 Å². The van der Waals surface area contributed by atoms with E-state index in [1.807, 2.05) is 12.1 Å². The van der Waals surface area contributed by atoms with Crippen molar-refractivity contribution >= 4 is 6.08 Å². The third-order valence-electron chi connectivity index (χ3n) is 3.47. The maximum absolute atomic E-state index is 5.83. The molecule has 0 spiro atoms. The molecule has 2 aromatic carbocycles. The second-order valence-electron chi connectivity index (χ2n) is 5.11. The third kappa shape index (κ3) is 3.05. The molecule has 1 nitrogen and oxygen atoms in total. The summed E-state index contributed by atoms with van der Waals surface area (Å²) in [6.07, 6.45) is 4.51. The Morgan fingerprint density at radius 1 is 1.05 bits per heavy atom. The fourth-order valence-corrected chi connectivity index (χ4v) is 2.11. The molecule has 0 heterocycles. The monoisotopic (exact) mass is 250 g/mol. The van der Waals surface area contributed by atoms with Crippen LogP contribution in [0.25, 0.3) is 17.2 Å². The van der Waals surface area contributed by atoms with E-state index in [-0.39, 0.29) is 0 Å². The van der Waals surface area contributed by atoms with E-state index in [2.05, 4.69) is 49.0 Å². The standard InChI is InChI=1S/C18H18O/c1-2-14-5-3-6-16(11-14)17-7-4-8-18(12-17)19-13-15-9-10-15/h2-8,11-12,15H,1,9-10,13H2. The Labute approximate surface area is 114 Å².